The molecule has 0 bridgehead atoms. The lowest BCUT2D eigenvalue weighted by Gasteiger charge is -2.03. The molecule has 0 atom stereocenters. The van der Waals surface area contributed by atoms with E-state index < -0.39 is 5.97 Å². The van der Waals surface area contributed by atoms with Gasteiger partial charge >= 0.3 is 5.97 Å². The predicted octanol–water partition coefficient (Wildman–Crippen LogP) is 3.98. The molecule has 96 valence electrons. The van der Waals surface area contributed by atoms with E-state index in [1.54, 1.807) is 19.1 Å². The summed E-state index contributed by atoms with van der Waals surface area (Å²) in [6.45, 7) is 1.54. The Morgan fingerprint density at radius 3 is 2.37 bits per heavy atom. The van der Waals surface area contributed by atoms with Gasteiger partial charge in [0.1, 0.15) is 5.82 Å². The zero-order chi connectivity index (χ0) is 13.8. The third-order valence-corrected chi connectivity index (χ3v) is 2.79. The molecule has 0 aromatic heterocycles. The fourth-order valence-corrected chi connectivity index (χ4v) is 1.75. The Balaban J connectivity index is 2.29. The Labute approximate surface area is 110 Å². The van der Waals surface area contributed by atoms with Crippen molar-refractivity contribution < 1.29 is 14.3 Å². The van der Waals surface area contributed by atoms with Crippen molar-refractivity contribution in [2.24, 2.45) is 0 Å². The number of benzene rings is 2. The zero-order valence-corrected chi connectivity index (χ0v) is 10.4. The Morgan fingerprint density at radius 1 is 1.11 bits per heavy atom. The summed E-state index contributed by atoms with van der Waals surface area (Å²) in [6.07, 6.45) is 1.59. The predicted molar refractivity (Wildman–Crippen MR) is 73.1 cm³/mol. The van der Waals surface area contributed by atoms with E-state index in [1.165, 1.54) is 12.1 Å². The molecule has 2 aromatic carbocycles. The number of carboxylic acid groups (broad SMARTS) is 1. The maximum Gasteiger partial charge on any atom is 0.331 e. The Morgan fingerprint density at radius 2 is 1.79 bits per heavy atom. The summed E-state index contributed by atoms with van der Waals surface area (Å²) >= 11 is 0. The molecule has 0 saturated heterocycles. The first-order valence-electron chi connectivity index (χ1n) is 5.84. The Kier molecular flexibility index (Phi) is 3.76. The molecule has 0 heterocycles. The van der Waals surface area contributed by atoms with E-state index in [4.69, 9.17) is 5.11 Å². The second-order valence-corrected chi connectivity index (χ2v) is 4.26. The van der Waals surface area contributed by atoms with E-state index in [9.17, 15) is 9.18 Å². The highest BCUT2D eigenvalue weighted by Gasteiger charge is 2.01. The molecular formula is C16H13FO2. The lowest BCUT2D eigenvalue weighted by atomic mass is 10.0. The van der Waals surface area contributed by atoms with E-state index >= 15 is 0 Å². The van der Waals surface area contributed by atoms with E-state index in [2.05, 4.69) is 0 Å². The molecule has 2 rings (SSSR count). The standard InChI is InChI=1S/C16H13FO2/c1-11(16(18)19)9-12-5-7-13(8-6-12)14-3-2-4-15(17)10-14/h2-10H,1H3,(H,18,19)/b11-9+. The van der Waals surface area contributed by atoms with Crippen LogP contribution in [0.15, 0.2) is 54.1 Å². The van der Waals surface area contributed by atoms with E-state index in [0.717, 1.165) is 16.7 Å². The third kappa shape index (κ3) is 3.28. The molecule has 0 fully saturated rings. The number of halogens is 1. The molecule has 3 heteroatoms. The van der Waals surface area contributed by atoms with Crippen molar-refractivity contribution in [2.75, 3.05) is 0 Å². The molecule has 0 aliphatic rings. The fraction of sp³-hybridized carbons (Fsp3) is 0.0625. The second kappa shape index (κ2) is 5.48. The Hall–Kier alpha value is -2.42. The highest BCUT2D eigenvalue weighted by atomic mass is 19.1. The first-order valence-corrected chi connectivity index (χ1v) is 5.84. The van der Waals surface area contributed by atoms with Gasteiger partial charge in [-0.1, -0.05) is 36.4 Å². The minimum absolute atomic E-state index is 0.275. The summed E-state index contributed by atoms with van der Waals surface area (Å²) < 4.78 is 13.1. The largest absolute Gasteiger partial charge is 0.478 e. The summed E-state index contributed by atoms with van der Waals surface area (Å²) in [5.74, 6) is -1.21. The summed E-state index contributed by atoms with van der Waals surface area (Å²) in [5, 5.41) is 8.80. The lowest BCUT2D eigenvalue weighted by molar-refractivity contribution is -0.132. The molecule has 2 aromatic rings. The first kappa shape index (κ1) is 13.0. The van der Waals surface area contributed by atoms with Crippen LogP contribution in [0, 0.1) is 5.82 Å². The fourth-order valence-electron chi connectivity index (χ4n) is 1.75. The molecule has 0 aliphatic heterocycles. The van der Waals surface area contributed by atoms with Gasteiger partial charge in [0.25, 0.3) is 0 Å². The van der Waals surface area contributed by atoms with Crippen molar-refractivity contribution in [3.05, 3.63) is 65.5 Å². The highest BCUT2D eigenvalue weighted by molar-refractivity contribution is 5.91. The van der Waals surface area contributed by atoms with Gasteiger partial charge in [-0.05, 0) is 41.8 Å². The molecular weight excluding hydrogens is 243 g/mol. The minimum Gasteiger partial charge on any atom is -0.478 e. The SMILES string of the molecule is C/C(=C\c1ccc(-c2cccc(F)c2)cc1)C(=O)O. The topological polar surface area (TPSA) is 37.3 Å². The molecule has 0 unspecified atom stereocenters. The van der Waals surface area contributed by atoms with E-state index in [0.29, 0.717) is 0 Å². The van der Waals surface area contributed by atoms with Crippen LogP contribution >= 0.6 is 0 Å². The molecule has 2 nitrogen and oxygen atoms in total. The van der Waals surface area contributed by atoms with Crippen LogP contribution in [-0.2, 0) is 4.79 Å². The van der Waals surface area contributed by atoms with Crippen LogP contribution in [0.1, 0.15) is 12.5 Å². The van der Waals surface area contributed by atoms with Crippen LogP contribution in [0.2, 0.25) is 0 Å². The summed E-state index contributed by atoms with van der Waals surface area (Å²) in [5.41, 5.74) is 2.77. The summed E-state index contributed by atoms with van der Waals surface area (Å²) in [7, 11) is 0. The van der Waals surface area contributed by atoms with Gasteiger partial charge in [0.2, 0.25) is 0 Å². The van der Waals surface area contributed by atoms with Crippen molar-refractivity contribution in [1.29, 1.82) is 0 Å². The quantitative estimate of drug-likeness (QED) is 0.843. The number of hydrogen-bond acceptors (Lipinski definition) is 1. The number of aliphatic carboxylic acids is 1. The summed E-state index contributed by atoms with van der Waals surface area (Å²) in [6, 6.07) is 13.7. The van der Waals surface area contributed by atoms with Crippen molar-refractivity contribution >= 4 is 12.0 Å². The van der Waals surface area contributed by atoms with E-state index in [1.807, 2.05) is 30.3 Å². The van der Waals surface area contributed by atoms with E-state index in [-0.39, 0.29) is 11.4 Å². The van der Waals surface area contributed by atoms with Crippen LogP contribution in [0.4, 0.5) is 4.39 Å². The monoisotopic (exact) mass is 256 g/mol. The highest BCUT2D eigenvalue weighted by Crippen LogP contribution is 2.21. The second-order valence-electron chi connectivity index (χ2n) is 4.26. The molecule has 0 saturated carbocycles. The zero-order valence-electron chi connectivity index (χ0n) is 10.4. The first-order chi connectivity index (χ1) is 9.06. The van der Waals surface area contributed by atoms with Gasteiger partial charge in [0.05, 0.1) is 0 Å². The van der Waals surface area contributed by atoms with Gasteiger partial charge < -0.3 is 5.11 Å². The van der Waals surface area contributed by atoms with Gasteiger partial charge in [0, 0.05) is 5.57 Å². The number of carbonyl (C=O) groups is 1. The third-order valence-electron chi connectivity index (χ3n) is 2.79. The number of hydrogen-bond donors (Lipinski definition) is 1. The number of carboxylic acids is 1. The maximum atomic E-state index is 13.1. The molecule has 0 aliphatic carbocycles. The van der Waals surface area contributed by atoms with Crippen LogP contribution < -0.4 is 0 Å². The van der Waals surface area contributed by atoms with Crippen LogP contribution in [0.3, 0.4) is 0 Å². The van der Waals surface area contributed by atoms with Gasteiger partial charge in [-0.15, -0.1) is 0 Å². The van der Waals surface area contributed by atoms with Crippen molar-refractivity contribution in [3.8, 4) is 11.1 Å². The molecule has 0 spiro atoms. The van der Waals surface area contributed by atoms with Crippen LogP contribution in [-0.4, -0.2) is 11.1 Å². The smallest absolute Gasteiger partial charge is 0.331 e. The van der Waals surface area contributed by atoms with Gasteiger partial charge in [-0.2, -0.15) is 0 Å². The molecule has 0 radical (unpaired) electrons. The lowest BCUT2D eigenvalue weighted by Crippen LogP contribution is -1.95. The van der Waals surface area contributed by atoms with Gasteiger partial charge in [-0.25, -0.2) is 9.18 Å². The average molecular weight is 256 g/mol. The Bertz CT molecular complexity index is 627. The molecule has 1 N–H and O–H groups in total. The van der Waals surface area contributed by atoms with Crippen molar-refractivity contribution in [3.63, 3.8) is 0 Å². The van der Waals surface area contributed by atoms with Crippen LogP contribution in [0.5, 0.6) is 0 Å². The van der Waals surface area contributed by atoms with Crippen molar-refractivity contribution in [2.45, 2.75) is 6.92 Å². The average Bonchev–Trinajstić information content (AvgIpc) is 2.39. The van der Waals surface area contributed by atoms with Gasteiger partial charge in [0.15, 0.2) is 0 Å². The summed E-state index contributed by atoms with van der Waals surface area (Å²) in [4.78, 5) is 10.7. The normalized spacial score (nSPS) is 11.4. The maximum absolute atomic E-state index is 13.1. The van der Waals surface area contributed by atoms with Crippen molar-refractivity contribution in [1.82, 2.24) is 0 Å². The minimum atomic E-state index is -0.936. The van der Waals surface area contributed by atoms with Crippen LogP contribution in [0.25, 0.3) is 17.2 Å². The van der Waals surface area contributed by atoms with Gasteiger partial charge in [-0.3, -0.25) is 0 Å². The molecule has 19 heavy (non-hydrogen) atoms. The number of rotatable bonds is 3. The molecule has 0 amide bonds.